The molecule has 7 heteroatoms. The first-order valence-corrected chi connectivity index (χ1v) is 8.96. The minimum absolute atomic E-state index is 0.0303. The van der Waals surface area contributed by atoms with Gasteiger partial charge in [0.1, 0.15) is 0 Å². The summed E-state index contributed by atoms with van der Waals surface area (Å²) in [5, 5.41) is 3.54. The third kappa shape index (κ3) is 3.20. The standard InChI is InChI=1S/C18H18N4O2S/c1-22-9-8-19-16(22)15-14(12-5-3-2-4-6-12)20-18(25-15)21-17(23)13-7-10-24-11-13/h2-6,8-9,13H,7,10-11H2,1H3,(H,20,21,23). The SMILES string of the molecule is Cn1ccnc1-c1sc(NC(=O)C2CCOC2)nc1-c1ccccc1. The molecule has 25 heavy (non-hydrogen) atoms. The number of anilines is 1. The lowest BCUT2D eigenvalue weighted by Gasteiger charge is -2.05. The van der Waals surface area contributed by atoms with Gasteiger partial charge in [0.2, 0.25) is 5.91 Å². The first-order valence-electron chi connectivity index (χ1n) is 8.15. The number of amides is 1. The molecule has 4 rings (SSSR count). The Morgan fingerprint density at radius 1 is 1.36 bits per heavy atom. The van der Waals surface area contributed by atoms with E-state index in [0.29, 0.717) is 18.3 Å². The summed E-state index contributed by atoms with van der Waals surface area (Å²) < 4.78 is 7.25. The monoisotopic (exact) mass is 354 g/mol. The summed E-state index contributed by atoms with van der Waals surface area (Å²) in [6.45, 7) is 1.12. The fourth-order valence-corrected chi connectivity index (χ4v) is 3.88. The second kappa shape index (κ2) is 6.78. The third-order valence-corrected chi connectivity index (χ3v) is 5.20. The van der Waals surface area contributed by atoms with Gasteiger partial charge in [-0.1, -0.05) is 41.7 Å². The molecule has 1 fully saturated rings. The quantitative estimate of drug-likeness (QED) is 0.781. The zero-order chi connectivity index (χ0) is 17.2. The number of carbonyl (C=O) groups excluding carboxylic acids is 1. The molecule has 1 N–H and O–H groups in total. The molecule has 0 spiro atoms. The number of aromatic nitrogens is 3. The topological polar surface area (TPSA) is 69.0 Å². The lowest BCUT2D eigenvalue weighted by molar-refractivity contribution is -0.119. The Kier molecular flexibility index (Phi) is 4.33. The number of nitrogens with zero attached hydrogens (tertiary/aromatic N) is 3. The van der Waals surface area contributed by atoms with Crippen LogP contribution in [0.15, 0.2) is 42.7 Å². The summed E-state index contributed by atoms with van der Waals surface area (Å²) in [4.78, 5) is 22.4. The van der Waals surface area contributed by atoms with Crippen LogP contribution in [0.4, 0.5) is 5.13 Å². The van der Waals surface area contributed by atoms with Gasteiger partial charge in [0.05, 0.1) is 23.1 Å². The molecular weight excluding hydrogens is 336 g/mol. The maximum atomic E-state index is 12.4. The summed E-state index contributed by atoms with van der Waals surface area (Å²) in [5.41, 5.74) is 1.83. The Labute approximate surface area is 149 Å². The Morgan fingerprint density at radius 3 is 2.88 bits per heavy atom. The number of hydrogen-bond donors (Lipinski definition) is 1. The van der Waals surface area contributed by atoms with Crippen LogP contribution in [0.3, 0.4) is 0 Å². The first kappa shape index (κ1) is 16.0. The summed E-state index contributed by atoms with van der Waals surface area (Å²) in [6, 6.07) is 9.95. The number of hydrogen-bond acceptors (Lipinski definition) is 5. The average Bonchev–Trinajstić information content (AvgIpc) is 3.35. The normalized spacial score (nSPS) is 16.9. The first-order chi connectivity index (χ1) is 12.2. The maximum absolute atomic E-state index is 12.4. The Morgan fingerprint density at radius 2 is 2.20 bits per heavy atom. The van der Waals surface area contributed by atoms with Crippen LogP contribution in [0.2, 0.25) is 0 Å². The molecule has 2 aromatic heterocycles. The molecule has 1 atom stereocenters. The van der Waals surface area contributed by atoms with Gasteiger partial charge in [-0.25, -0.2) is 9.97 Å². The molecule has 1 unspecified atom stereocenters. The number of benzene rings is 1. The van der Waals surface area contributed by atoms with Crippen LogP contribution in [-0.2, 0) is 16.6 Å². The Bertz CT molecular complexity index is 882. The minimum atomic E-state index is -0.0966. The average molecular weight is 354 g/mol. The lowest BCUT2D eigenvalue weighted by Crippen LogP contribution is -2.22. The van der Waals surface area contributed by atoms with Crippen molar-refractivity contribution in [1.82, 2.24) is 14.5 Å². The van der Waals surface area contributed by atoms with Crippen molar-refractivity contribution in [2.45, 2.75) is 6.42 Å². The molecule has 6 nitrogen and oxygen atoms in total. The van der Waals surface area contributed by atoms with Gasteiger partial charge in [-0.15, -0.1) is 0 Å². The van der Waals surface area contributed by atoms with E-state index < -0.39 is 0 Å². The van der Waals surface area contributed by atoms with Crippen molar-refractivity contribution in [3.8, 4) is 22.0 Å². The zero-order valence-corrected chi connectivity index (χ0v) is 14.6. The fraction of sp³-hybridized carbons (Fsp3) is 0.278. The number of ether oxygens (including phenoxy) is 1. The third-order valence-electron chi connectivity index (χ3n) is 4.23. The van der Waals surface area contributed by atoms with Crippen LogP contribution >= 0.6 is 11.3 Å². The van der Waals surface area contributed by atoms with Crippen LogP contribution in [-0.4, -0.2) is 33.7 Å². The molecule has 0 aliphatic carbocycles. The Balaban J connectivity index is 1.71. The van der Waals surface area contributed by atoms with Gasteiger partial charge in [-0.3, -0.25) is 4.79 Å². The van der Waals surface area contributed by atoms with Crippen LogP contribution in [0, 0.1) is 5.92 Å². The van der Waals surface area contributed by atoms with Gasteiger partial charge in [0.25, 0.3) is 0 Å². The predicted octanol–water partition coefficient (Wildman–Crippen LogP) is 3.19. The molecule has 1 saturated heterocycles. The number of imidazole rings is 1. The van der Waals surface area contributed by atoms with E-state index in [1.54, 1.807) is 6.20 Å². The number of thiazole rings is 1. The minimum Gasteiger partial charge on any atom is -0.381 e. The maximum Gasteiger partial charge on any atom is 0.231 e. The highest BCUT2D eigenvalue weighted by molar-refractivity contribution is 7.19. The number of aryl methyl sites for hydroxylation is 1. The second-order valence-corrected chi connectivity index (χ2v) is 6.97. The number of carbonyl (C=O) groups is 1. The van der Waals surface area contributed by atoms with Crippen LogP contribution in [0.25, 0.3) is 22.0 Å². The highest BCUT2D eigenvalue weighted by atomic mass is 32.1. The van der Waals surface area contributed by atoms with Crippen molar-refractivity contribution >= 4 is 22.4 Å². The molecule has 3 heterocycles. The van der Waals surface area contributed by atoms with E-state index in [1.807, 2.05) is 48.1 Å². The van der Waals surface area contributed by atoms with E-state index in [4.69, 9.17) is 4.74 Å². The van der Waals surface area contributed by atoms with E-state index in [2.05, 4.69) is 15.3 Å². The summed E-state index contributed by atoms with van der Waals surface area (Å²) in [7, 11) is 1.95. The fourth-order valence-electron chi connectivity index (χ4n) is 2.85. The van der Waals surface area contributed by atoms with Crippen molar-refractivity contribution < 1.29 is 9.53 Å². The van der Waals surface area contributed by atoms with Crippen molar-refractivity contribution in [1.29, 1.82) is 0 Å². The number of rotatable bonds is 4. The summed E-state index contributed by atoms with van der Waals surface area (Å²) in [5.74, 6) is 0.707. The van der Waals surface area contributed by atoms with Crippen molar-refractivity contribution in [3.63, 3.8) is 0 Å². The lowest BCUT2D eigenvalue weighted by atomic mass is 10.1. The van der Waals surface area contributed by atoms with E-state index in [-0.39, 0.29) is 11.8 Å². The largest absolute Gasteiger partial charge is 0.381 e. The molecule has 1 aromatic carbocycles. The Hall–Kier alpha value is -2.51. The van der Waals surface area contributed by atoms with E-state index in [0.717, 1.165) is 28.4 Å². The molecule has 0 bridgehead atoms. The molecule has 128 valence electrons. The van der Waals surface area contributed by atoms with Gasteiger partial charge in [0, 0.05) is 31.6 Å². The van der Waals surface area contributed by atoms with Gasteiger partial charge in [-0.05, 0) is 6.42 Å². The van der Waals surface area contributed by atoms with Crippen LogP contribution in [0.5, 0.6) is 0 Å². The van der Waals surface area contributed by atoms with Crippen LogP contribution < -0.4 is 5.32 Å². The van der Waals surface area contributed by atoms with Gasteiger partial charge < -0.3 is 14.6 Å². The highest BCUT2D eigenvalue weighted by Gasteiger charge is 2.25. The van der Waals surface area contributed by atoms with E-state index in [9.17, 15) is 4.79 Å². The van der Waals surface area contributed by atoms with E-state index in [1.165, 1.54) is 11.3 Å². The zero-order valence-electron chi connectivity index (χ0n) is 13.8. The van der Waals surface area contributed by atoms with Crippen molar-refractivity contribution in [2.75, 3.05) is 18.5 Å². The second-order valence-electron chi connectivity index (χ2n) is 5.97. The van der Waals surface area contributed by atoms with Crippen molar-refractivity contribution in [2.24, 2.45) is 13.0 Å². The molecule has 0 saturated carbocycles. The highest BCUT2D eigenvalue weighted by Crippen LogP contribution is 2.38. The molecule has 1 aliphatic heterocycles. The molecule has 1 aliphatic rings. The molecule has 0 radical (unpaired) electrons. The predicted molar refractivity (Wildman–Crippen MR) is 97.3 cm³/mol. The van der Waals surface area contributed by atoms with Gasteiger partial charge >= 0.3 is 0 Å². The smallest absolute Gasteiger partial charge is 0.231 e. The van der Waals surface area contributed by atoms with E-state index >= 15 is 0 Å². The van der Waals surface area contributed by atoms with Crippen molar-refractivity contribution in [3.05, 3.63) is 42.7 Å². The molecule has 1 amide bonds. The van der Waals surface area contributed by atoms with Gasteiger partial charge in [-0.2, -0.15) is 0 Å². The molecular formula is C18H18N4O2S. The summed E-state index contributed by atoms with van der Waals surface area (Å²) in [6.07, 6.45) is 4.42. The molecule has 3 aromatic rings. The van der Waals surface area contributed by atoms with Crippen LogP contribution in [0.1, 0.15) is 6.42 Å². The number of nitrogens with one attached hydrogen (secondary N) is 1. The summed E-state index contributed by atoms with van der Waals surface area (Å²) >= 11 is 1.45. The van der Waals surface area contributed by atoms with Gasteiger partial charge in [0.15, 0.2) is 11.0 Å².